The third-order valence-electron chi connectivity index (χ3n) is 5.35. The van der Waals surface area contributed by atoms with E-state index in [2.05, 4.69) is 31.3 Å². The molecule has 3 rings (SSSR count). The van der Waals surface area contributed by atoms with E-state index in [9.17, 15) is 4.79 Å². The van der Waals surface area contributed by atoms with Crippen molar-refractivity contribution in [3.05, 3.63) is 65.7 Å². The van der Waals surface area contributed by atoms with Gasteiger partial charge in [-0.05, 0) is 31.0 Å². The average molecular weight is 384 g/mol. The van der Waals surface area contributed by atoms with Crippen LogP contribution in [0.4, 0.5) is 0 Å². The molecule has 0 spiro atoms. The van der Waals surface area contributed by atoms with Crippen molar-refractivity contribution >= 4 is 5.91 Å². The first kappa shape index (κ1) is 20.4. The van der Waals surface area contributed by atoms with E-state index in [-0.39, 0.29) is 18.1 Å². The number of nitrogens with one attached hydrogen (secondary N) is 2. The first-order chi connectivity index (χ1) is 13.5. The van der Waals surface area contributed by atoms with E-state index in [1.165, 1.54) is 10.5 Å². The van der Waals surface area contributed by atoms with Crippen molar-refractivity contribution in [1.82, 2.24) is 5.32 Å². The third kappa shape index (κ3) is 5.81. The first-order valence-corrected chi connectivity index (χ1v) is 9.99. The number of hydrogen-bond donors (Lipinski definition) is 2. The van der Waals surface area contributed by atoms with Crippen LogP contribution in [-0.2, 0) is 16.0 Å². The Bertz CT molecular complexity index is 755. The van der Waals surface area contributed by atoms with Crippen molar-refractivity contribution < 1.29 is 19.2 Å². The molecule has 1 amide bonds. The molecule has 0 unspecified atom stereocenters. The second-order valence-corrected chi connectivity index (χ2v) is 7.94. The SMILES string of the molecule is CC(C)(CNC(=O)COc1ccccc1Cc1ccccc1)[NH+]1CCOCC1. The van der Waals surface area contributed by atoms with Gasteiger partial charge in [0.15, 0.2) is 6.61 Å². The van der Waals surface area contributed by atoms with Crippen LogP contribution in [0.3, 0.4) is 0 Å². The fourth-order valence-corrected chi connectivity index (χ4v) is 3.54. The molecule has 150 valence electrons. The monoisotopic (exact) mass is 383 g/mol. The lowest BCUT2D eigenvalue weighted by atomic mass is 10.0. The number of carbonyl (C=O) groups excluding carboxylic acids is 1. The quantitative estimate of drug-likeness (QED) is 0.726. The Labute approximate surface area is 167 Å². The molecule has 5 nitrogen and oxygen atoms in total. The Morgan fingerprint density at radius 1 is 1.07 bits per heavy atom. The molecule has 0 bridgehead atoms. The molecule has 1 aliphatic heterocycles. The van der Waals surface area contributed by atoms with Crippen LogP contribution in [0.2, 0.25) is 0 Å². The molecule has 2 N–H and O–H groups in total. The third-order valence-corrected chi connectivity index (χ3v) is 5.35. The predicted molar refractivity (Wildman–Crippen MR) is 110 cm³/mol. The maximum Gasteiger partial charge on any atom is 0.258 e. The highest BCUT2D eigenvalue weighted by Gasteiger charge is 2.32. The molecule has 28 heavy (non-hydrogen) atoms. The zero-order valence-corrected chi connectivity index (χ0v) is 16.9. The van der Waals surface area contributed by atoms with Crippen LogP contribution >= 0.6 is 0 Å². The van der Waals surface area contributed by atoms with Crippen molar-refractivity contribution in [2.24, 2.45) is 0 Å². The average Bonchev–Trinajstić information content (AvgIpc) is 2.73. The summed E-state index contributed by atoms with van der Waals surface area (Å²) in [4.78, 5) is 13.8. The van der Waals surface area contributed by atoms with Crippen LogP contribution in [-0.4, -0.2) is 50.9 Å². The summed E-state index contributed by atoms with van der Waals surface area (Å²) in [6.07, 6.45) is 0.784. The summed E-state index contributed by atoms with van der Waals surface area (Å²) < 4.78 is 11.3. The topological polar surface area (TPSA) is 52.0 Å². The zero-order chi connectivity index (χ0) is 19.8. The normalized spacial score (nSPS) is 15.2. The summed E-state index contributed by atoms with van der Waals surface area (Å²) in [5.41, 5.74) is 2.28. The highest BCUT2D eigenvalue weighted by Crippen LogP contribution is 2.21. The Balaban J connectivity index is 1.50. The van der Waals surface area contributed by atoms with E-state index in [4.69, 9.17) is 9.47 Å². The summed E-state index contributed by atoms with van der Waals surface area (Å²) >= 11 is 0. The zero-order valence-electron chi connectivity index (χ0n) is 16.9. The molecule has 2 aromatic rings. The fourth-order valence-electron chi connectivity index (χ4n) is 3.54. The highest BCUT2D eigenvalue weighted by atomic mass is 16.5. The van der Waals surface area contributed by atoms with Crippen molar-refractivity contribution in [1.29, 1.82) is 0 Å². The number of quaternary nitrogens is 1. The Hall–Kier alpha value is -2.37. The van der Waals surface area contributed by atoms with Crippen LogP contribution in [0, 0.1) is 0 Å². The van der Waals surface area contributed by atoms with Gasteiger partial charge in [-0.15, -0.1) is 0 Å². The van der Waals surface area contributed by atoms with Crippen molar-refractivity contribution in [3.8, 4) is 5.75 Å². The lowest BCUT2D eigenvalue weighted by Crippen LogP contribution is -3.22. The molecule has 0 atom stereocenters. The van der Waals surface area contributed by atoms with Gasteiger partial charge in [0, 0.05) is 6.42 Å². The number of rotatable bonds is 8. The van der Waals surface area contributed by atoms with Gasteiger partial charge in [-0.2, -0.15) is 0 Å². The second kappa shape index (κ2) is 9.71. The maximum absolute atomic E-state index is 12.3. The van der Waals surface area contributed by atoms with Gasteiger partial charge in [-0.3, -0.25) is 4.79 Å². The van der Waals surface area contributed by atoms with Crippen LogP contribution in [0.25, 0.3) is 0 Å². The molecule has 0 saturated carbocycles. The number of benzene rings is 2. The summed E-state index contributed by atoms with van der Waals surface area (Å²) in [7, 11) is 0. The number of carbonyl (C=O) groups is 1. The van der Waals surface area contributed by atoms with Gasteiger partial charge in [0.2, 0.25) is 0 Å². The predicted octanol–water partition coefficient (Wildman–Crippen LogP) is 1.47. The Morgan fingerprint density at radius 2 is 1.75 bits per heavy atom. The minimum absolute atomic E-state index is 0.0232. The van der Waals surface area contributed by atoms with E-state index < -0.39 is 0 Å². The van der Waals surface area contributed by atoms with E-state index in [0.29, 0.717) is 6.54 Å². The fraction of sp³-hybridized carbons (Fsp3) is 0.435. The van der Waals surface area contributed by atoms with Gasteiger partial charge in [0.25, 0.3) is 5.91 Å². The van der Waals surface area contributed by atoms with Gasteiger partial charge in [-0.25, -0.2) is 0 Å². The number of ether oxygens (including phenoxy) is 2. The molecule has 1 fully saturated rings. The molecule has 1 aliphatic rings. The van der Waals surface area contributed by atoms with Crippen molar-refractivity contribution in [2.75, 3.05) is 39.5 Å². The molecule has 1 saturated heterocycles. The summed E-state index contributed by atoms with van der Waals surface area (Å²) in [6, 6.07) is 18.2. The number of hydrogen-bond acceptors (Lipinski definition) is 3. The van der Waals surface area contributed by atoms with E-state index in [0.717, 1.165) is 44.0 Å². The van der Waals surface area contributed by atoms with Gasteiger partial charge in [0.1, 0.15) is 24.4 Å². The Kier molecular flexibility index (Phi) is 7.06. The molecular formula is C23H31N2O3+. The standard InChI is InChI=1S/C23H30N2O3/c1-23(2,25-12-14-27-15-13-25)18-24-22(26)17-28-21-11-7-6-10-20(21)16-19-8-4-3-5-9-19/h3-11H,12-18H2,1-2H3,(H,24,26)/p+1. The van der Waals surface area contributed by atoms with Crippen LogP contribution in [0.5, 0.6) is 5.75 Å². The van der Waals surface area contributed by atoms with Gasteiger partial charge in [-0.1, -0.05) is 48.5 Å². The van der Waals surface area contributed by atoms with E-state index in [1.807, 2.05) is 42.5 Å². The Morgan fingerprint density at radius 3 is 2.50 bits per heavy atom. The maximum atomic E-state index is 12.3. The van der Waals surface area contributed by atoms with Crippen LogP contribution in [0.1, 0.15) is 25.0 Å². The van der Waals surface area contributed by atoms with E-state index >= 15 is 0 Å². The molecule has 0 aliphatic carbocycles. The van der Waals surface area contributed by atoms with Crippen LogP contribution in [0.15, 0.2) is 54.6 Å². The lowest BCUT2D eigenvalue weighted by Gasteiger charge is -2.37. The lowest BCUT2D eigenvalue weighted by molar-refractivity contribution is -0.954. The number of morpholine rings is 1. The van der Waals surface area contributed by atoms with Crippen molar-refractivity contribution in [3.63, 3.8) is 0 Å². The molecule has 5 heteroatoms. The molecular weight excluding hydrogens is 352 g/mol. The van der Waals surface area contributed by atoms with Crippen molar-refractivity contribution in [2.45, 2.75) is 25.8 Å². The highest BCUT2D eigenvalue weighted by molar-refractivity contribution is 5.77. The molecule has 2 aromatic carbocycles. The first-order valence-electron chi connectivity index (χ1n) is 9.99. The molecule has 0 radical (unpaired) electrons. The summed E-state index contributed by atoms with van der Waals surface area (Å²) in [6.45, 7) is 8.55. The van der Waals surface area contributed by atoms with Gasteiger partial charge < -0.3 is 19.7 Å². The van der Waals surface area contributed by atoms with Crippen LogP contribution < -0.4 is 15.0 Å². The molecule has 1 heterocycles. The summed E-state index contributed by atoms with van der Waals surface area (Å²) in [5, 5.41) is 3.03. The number of para-hydroxylation sites is 1. The minimum atomic E-state index is -0.0877. The smallest absolute Gasteiger partial charge is 0.258 e. The number of amides is 1. The second-order valence-electron chi connectivity index (χ2n) is 7.94. The van der Waals surface area contributed by atoms with E-state index in [1.54, 1.807) is 0 Å². The minimum Gasteiger partial charge on any atom is -0.483 e. The van der Waals surface area contributed by atoms with Gasteiger partial charge in [0.05, 0.1) is 19.8 Å². The largest absolute Gasteiger partial charge is 0.483 e. The van der Waals surface area contributed by atoms with Gasteiger partial charge >= 0.3 is 0 Å². The molecule has 0 aromatic heterocycles. The summed E-state index contributed by atoms with van der Waals surface area (Å²) in [5.74, 6) is 0.676.